The molecule has 0 aromatic rings. The average molecular weight is 1140 g/mol. The van der Waals surface area contributed by atoms with Crippen LogP contribution < -0.4 is 10.2 Å². The van der Waals surface area contributed by atoms with E-state index in [-0.39, 0.29) is 62.5 Å². The van der Waals surface area contributed by atoms with Gasteiger partial charge in [0.15, 0.2) is 0 Å². The standard InChI is InChI=1S/2C35H68O4.Ca/c2*1-3-5-7-9-11-13-15-17-19-21-23-25-27-29-31-35(38)39-33(32-34(36)37)30-28-26-24-22-20-18-16-14-12-10-8-6-4-2;/h2*33H,3-32H2,1-2H3,(H,36,37);/q;;+2/p-2. The molecule has 9 heteroatoms. The molecule has 0 aromatic heterocycles. The first-order valence-corrected chi connectivity index (χ1v) is 35.0. The molecule has 0 N–H and O–H groups in total. The van der Waals surface area contributed by atoms with Gasteiger partial charge in [0.25, 0.3) is 0 Å². The maximum absolute atomic E-state index is 12.3. The molecule has 0 bridgehead atoms. The van der Waals surface area contributed by atoms with Gasteiger partial charge in [-0.15, -0.1) is 0 Å². The van der Waals surface area contributed by atoms with E-state index in [1.807, 2.05) is 0 Å². The molecule has 0 aromatic carbocycles. The molecular weight excluding hydrogens is 1010 g/mol. The zero-order valence-corrected chi connectivity index (χ0v) is 55.8. The van der Waals surface area contributed by atoms with Gasteiger partial charge in [0.2, 0.25) is 0 Å². The first-order chi connectivity index (χ1) is 38.2. The number of ether oxygens (including phenoxy) is 2. The third-order valence-corrected chi connectivity index (χ3v) is 16.1. The number of carboxylic acids is 2. The van der Waals surface area contributed by atoms with Crippen molar-refractivity contribution in [1.29, 1.82) is 0 Å². The molecule has 0 aliphatic heterocycles. The molecule has 0 saturated heterocycles. The molecule has 2 unspecified atom stereocenters. The Morgan fingerprint density at radius 1 is 0.253 bits per heavy atom. The summed E-state index contributed by atoms with van der Waals surface area (Å²) in [5, 5.41) is 22.2. The summed E-state index contributed by atoms with van der Waals surface area (Å²) in [6, 6.07) is 0. The summed E-state index contributed by atoms with van der Waals surface area (Å²) in [6.45, 7) is 9.06. The summed E-state index contributed by atoms with van der Waals surface area (Å²) < 4.78 is 11.0. The maximum Gasteiger partial charge on any atom is 2.00 e. The van der Waals surface area contributed by atoms with Gasteiger partial charge in [-0.05, 0) is 38.5 Å². The van der Waals surface area contributed by atoms with Crippen molar-refractivity contribution in [1.82, 2.24) is 0 Å². The van der Waals surface area contributed by atoms with E-state index in [2.05, 4.69) is 27.7 Å². The van der Waals surface area contributed by atoms with E-state index in [0.717, 1.165) is 51.4 Å². The van der Waals surface area contributed by atoms with E-state index in [0.29, 0.717) is 25.7 Å². The Labute approximate surface area is 522 Å². The SMILES string of the molecule is CCCCCCCCCCCCCCCCC(=O)OC(CCCCCCCCCCCCCCC)CC(=O)[O-].CCCCCCCCCCCCCCCCC(=O)OC(CCCCCCCCCCCCCCC)CC(=O)[O-].[Ca+2]. The van der Waals surface area contributed by atoms with Gasteiger partial charge in [-0.25, -0.2) is 0 Å². The van der Waals surface area contributed by atoms with Gasteiger partial charge in [-0.2, -0.15) is 0 Å². The Balaban J connectivity index is -0.00000144. The summed E-state index contributed by atoms with van der Waals surface area (Å²) in [4.78, 5) is 46.7. The third-order valence-electron chi connectivity index (χ3n) is 16.1. The first kappa shape index (κ1) is 82.4. The van der Waals surface area contributed by atoms with E-state index < -0.39 is 24.1 Å². The van der Waals surface area contributed by atoms with Crippen molar-refractivity contribution < 1.29 is 38.9 Å². The summed E-state index contributed by atoms with van der Waals surface area (Å²) in [6.07, 6.45) is 70.0. The van der Waals surface area contributed by atoms with Crippen LogP contribution in [-0.4, -0.2) is 73.8 Å². The monoisotopic (exact) mass is 1140 g/mol. The minimum absolute atomic E-state index is 0. The van der Waals surface area contributed by atoms with Crippen LogP contribution in [0.1, 0.15) is 413 Å². The normalized spacial score (nSPS) is 11.9. The Hall–Kier alpha value is -0.860. The molecule has 464 valence electrons. The van der Waals surface area contributed by atoms with Crippen molar-refractivity contribution >= 4 is 61.6 Å². The zero-order chi connectivity index (χ0) is 57.3. The van der Waals surface area contributed by atoms with Gasteiger partial charge >= 0.3 is 49.7 Å². The fourth-order valence-electron chi connectivity index (χ4n) is 11.0. The predicted octanol–water partition coefficient (Wildman–Crippen LogP) is 20.4. The Morgan fingerprint density at radius 3 is 0.570 bits per heavy atom. The molecule has 0 spiro atoms. The second kappa shape index (κ2) is 71.4. The van der Waals surface area contributed by atoms with Crippen LogP contribution in [-0.2, 0) is 28.7 Å². The number of hydrogen-bond acceptors (Lipinski definition) is 8. The molecule has 0 fully saturated rings. The van der Waals surface area contributed by atoms with E-state index in [4.69, 9.17) is 9.47 Å². The minimum atomic E-state index is -1.13. The number of rotatable bonds is 64. The van der Waals surface area contributed by atoms with Crippen LogP contribution in [0.15, 0.2) is 0 Å². The number of carboxylic acid groups (broad SMARTS) is 2. The van der Waals surface area contributed by atoms with Crippen LogP contribution >= 0.6 is 0 Å². The fraction of sp³-hybridized carbons (Fsp3) is 0.943. The average Bonchev–Trinajstić information content (AvgIpc) is 3.41. The van der Waals surface area contributed by atoms with Crippen LogP contribution in [0.3, 0.4) is 0 Å². The quantitative estimate of drug-likeness (QED) is 0.0334. The van der Waals surface area contributed by atoms with Crippen LogP contribution in [0.5, 0.6) is 0 Å². The number of esters is 2. The topological polar surface area (TPSA) is 133 Å². The first-order valence-electron chi connectivity index (χ1n) is 35.0. The Kier molecular flexibility index (Phi) is 74.4. The molecule has 0 saturated carbocycles. The second-order valence-electron chi connectivity index (χ2n) is 24.1. The number of carbonyl (C=O) groups excluding carboxylic acids is 4. The minimum Gasteiger partial charge on any atom is -0.550 e. The van der Waals surface area contributed by atoms with Crippen LogP contribution in [0.2, 0.25) is 0 Å². The van der Waals surface area contributed by atoms with Gasteiger partial charge < -0.3 is 29.3 Å². The molecule has 2 atom stereocenters. The molecule has 0 aliphatic carbocycles. The molecule has 0 rings (SSSR count). The fourth-order valence-corrected chi connectivity index (χ4v) is 11.0. The van der Waals surface area contributed by atoms with Crippen molar-refractivity contribution in [3.63, 3.8) is 0 Å². The van der Waals surface area contributed by atoms with E-state index >= 15 is 0 Å². The van der Waals surface area contributed by atoms with Crippen molar-refractivity contribution in [2.45, 2.75) is 425 Å². The van der Waals surface area contributed by atoms with Crippen molar-refractivity contribution in [2.75, 3.05) is 0 Å². The van der Waals surface area contributed by atoms with E-state index in [1.165, 1.54) is 295 Å². The molecular formula is C70H134CaO8. The van der Waals surface area contributed by atoms with E-state index in [1.54, 1.807) is 0 Å². The number of aliphatic carboxylic acids is 2. The van der Waals surface area contributed by atoms with Gasteiger partial charge in [0, 0.05) is 37.6 Å². The van der Waals surface area contributed by atoms with Crippen molar-refractivity contribution in [3.05, 3.63) is 0 Å². The van der Waals surface area contributed by atoms with Gasteiger partial charge in [-0.1, -0.05) is 349 Å². The summed E-state index contributed by atoms with van der Waals surface area (Å²) in [5.74, 6) is -2.73. The van der Waals surface area contributed by atoms with Crippen LogP contribution in [0.25, 0.3) is 0 Å². The number of carbonyl (C=O) groups is 4. The van der Waals surface area contributed by atoms with Gasteiger partial charge in [-0.3, -0.25) is 9.59 Å². The Bertz CT molecular complexity index is 1140. The third kappa shape index (κ3) is 73.2. The summed E-state index contributed by atoms with van der Waals surface area (Å²) >= 11 is 0. The largest absolute Gasteiger partial charge is 2.00 e. The molecule has 79 heavy (non-hydrogen) atoms. The summed E-state index contributed by atoms with van der Waals surface area (Å²) in [7, 11) is 0. The van der Waals surface area contributed by atoms with Crippen molar-refractivity contribution in [3.8, 4) is 0 Å². The zero-order valence-electron chi connectivity index (χ0n) is 53.6. The molecule has 8 nitrogen and oxygen atoms in total. The smallest absolute Gasteiger partial charge is 0.550 e. The summed E-state index contributed by atoms with van der Waals surface area (Å²) in [5.41, 5.74) is 0. The van der Waals surface area contributed by atoms with Crippen LogP contribution in [0.4, 0.5) is 0 Å². The van der Waals surface area contributed by atoms with Crippen LogP contribution in [0, 0.1) is 0 Å². The van der Waals surface area contributed by atoms with Crippen molar-refractivity contribution in [2.24, 2.45) is 0 Å². The van der Waals surface area contributed by atoms with E-state index in [9.17, 15) is 29.4 Å². The van der Waals surface area contributed by atoms with Gasteiger partial charge in [0.05, 0.1) is 0 Å². The molecule has 0 amide bonds. The molecule has 0 radical (unpaired) electrons. The molecule has 0 aliphatic rings. The number of unbranched alkanes of at least 4 members (excludes halogenated alkanes) is 50. The Morgan fingerprint density at radius 2 is 0.405 bits per heavy atom. The van der Waals surface area contributed by atoms with Gasteiger partial charge in [0.1, 0.15) is 12.2 Å². The maximum atomic E-state index is 12.3. The number of hydrogen-bond donors (Lipinski definition) is 0. The second-order valence-corrected chi connectivity index (χ2v) is 24.1. The predicted molar refractivity (Wildman–Crippen MR) is 335 cm³/mol. The molecule has 0 heterocycles.